The molecule has 186 valence electrons. The number of carbonyl (C=O) groups excluding carboxylic acids is 2. The van der Waals surface area contributed by atoms with Gasteiger partial charge in [-0.3, -0.25) is 9.59 Å². The molecule has 0 amide bonds. The van der Waals surface area contributed by atoms with Gasteiger partial charge < -0.3 is 4.74 Å². The summed E-state index contributed by atoms with van der Waals surface area (Å²) in [6, 6.07) is 0. The number of Topliss-reactive ketones (excluding diaryl/α,β-unsaturated/α-hetero) is 1. The van der Waals surface area contributed by atoms with E-state index in [9.17, 15) is 9.59 Å². The third-order valence-electron chi connectivity index (χ3n) is 11.1. The summed E-state index contributed by atoms with van der Waals surface area (Å²) in [5.41, 5.74) is 0.246. The molecular weight excluding hydrogens is 408 g/mol. The fourth-order valence-electron chi connectivity index (χ4n) is 8.98. The molecule has 0 aromatic heterocycles. The molecular formula is C30H48O3. The predicted octanol–water partition coefficient (Wildman–Crippen LogP) is 7.24. The maximum atomic E-state index is 13.9. The van der Waals surface area contributed by atoms with Gasteiger partial charge in [0.05, 0.1) is 0 Å². The van der Waals surface area contributed by atoms with E-state index in [2.05, 4.69) is 53.7 Å². The maximum absolute atomic E-state index is 13.9. The van der Waals surface area contributed by atoms with Crippen LogP contribution in [0.4, 0.5) is 0 Å². The lowest BCUT2D eigenvalue weighted by Gasteiger charge is -2.60. The first-order valence-corrected chi connectivity index (χ1v) is 13.9. The normalized spacial score (nSPS) is 44.8. The summed E-state index contributed by atoms with van der Waals surface area (Å²) in [6.07, 6.45) is 13.6. The third kappa shape index (κ3) is 4.36. The first kappa shape index (κ1) is 25.0. The largest absolute Gasteiger partial charge is 0.463 e. The Labute approximate surface area is 202 Å². The van der Waals surface area contributed by atoms with E-state index in [1.165, 1.54) is 32.6 Å². The van der Waals surface area contributed by atoms with E-state index in [0.717, 1.165) is 25.7 Å². The van der Waals surface area contributed by atoms with Gasteiger partial charge in [0.1, 0.15) is 11.9 Å². The number of carbonyl (C=O) groups is 2. The lowest BCUT2D eigenvalue weighted by molar-refractivity contribution is -0.169. The molecule has 4 rings (SSSR count). The van der Waals surface area contributed by atoms with Gasteiger partial charge in [-0.2, -0.15) is 0 Å². The summed E-state index contributed by atoms with van der Waals surface area (Å²) >= 11 is 0. The van der Waals surface area contributed by atoms with Crippen molar-refractivity contribution in [2.45, 2.75) is 106 Å². The van der Waals surface area contributed by atoms with Crippen LogP contribution in [0.3, 0.4) is 0 Å². The van der Waals surface area contributed by atoms with Gasteiger partial charge in [-0.1, -0.05) is 53.7 Å². The van der Waals surface area contributed by atoms with Crippen molar-refractivity contribution in [2.75, 3.05) is 0 Å². The van der Waals surface area contributed by atoms with Crippen LogP contribution in [0.2, 0.25) is 0 Å². The molecule has 0 aromatic carbocycles. The topological polar surface area (TPSA) is 43.4 Å². The van der Waals surface area contributed by atoms with Gasteiger partial charge in [-0.15, -0.1) is 0 Å². The van der Waals surface area contributed by atoms with Crippen LogP contribution in [-0.4, -0.2) is 17.9 Å². The van der Waals surface area contributed by atoms with Crippen molar-refractivity contribution in [1.82, 2.24) is 0 Å². The smallest absolute Gasteiger partial charge is 0.302 e. The molecule has 0 heterocycles. The molecule has 4 aliphatic rings. The average Bonchev–Trinajstić information content (AvgIpc) is 3.07. The average molecular weight is 457 g/mol. The Morgan fingerprint density at radius 2 is 1.73 bits per heavy atom. The van der Waals surface area contributed by atoms with Crippen LogP contribution in [0.15, 0.2) is 12.2 Å². The molecule has 0 radical (unpaired) electrons. The Bertz CT molecular complexity index is 783. The molecule has 0 aromatic rings. The number of ketones is 1. The highest BCUT2D eigenvalue weighted by molar-refractivity contribution is 5.84. The number of rotatable bonds is 5. The summed E-state index contributed by atoms with van der Waals surface area (Å²) in [7, 11) is 0. The van der Waals surface area contributed by atoms with Gasteiger partial charge in [0, 0.05) is 19.3 Å². The molecule has 0 spiro atoms. The van der Waals surface area contributed by atoms with Crippen LogP contribution in [0, 0.1) is 58.2 Å². The highest BCUT2D eigenvalue weighted by Gasteiger charge is 2.63. The summed E-state index contributed by atoms with van der Waals surface area (Å²) < 4.78 is 5.60. The Hall–Kier alpha value is -1.12. The Morgan fingerprint density at radius 3 is 2.39 bits per heavy atom. The standard InChI is InChI=1S/C30H48O3/c1-18(2)19(3)8-9-20(4)25-12-13-26-24-11-10-22-16-23(33-21(5)31)14-15-29(22,6)28(24)27(32)17-30(25,26)7/h8-9,18-20,22-26,28H,10-17H2,1-7H3/b9-8+/t19-,20+,22-,23+,24+,25-,26+,28-,29-,30-/m0/s1. The lowest BCUT2D eigenvalue weighted by atomic mass is 9.44. The highest BCUT2D eigenvalue weighted by atomic mass is 16.5. The first-order chi connectivity index (χ1) is 15.5. The molecule has 0 saturated heterocycles. The molecule has 4 fully saturated rings. The molecule has 3 nitrogen and oxygen atoms in total. The van der Waals surface area contributed by atoms with Crippen LogP contribution in [0.25, 0.3) is 0 Å². The van der Waals surface area contributed by atoms with Gasteiger partial charge in [0.2, 0.25) is 0 Å². The van der Waals surface area contributed by atoms with Crippen molar-refractivity contribution in [1.29, 1.82) is 0 Å². The Kier molecular flexibility index (Phi) is 6.93. The number of ether oxygens (including phenoxy) is 1. The van der Waals surface area contributed by atoms with E-state index in [1.54, 1.807) is 0 Å². The zero-order valence-corrected chi connectivity index (χ0v) is 22.2. The number of esters is 1. The second-order valence-electron chi connectivity index (χ2n) is 13.2. The van der Waals surface area contributed by atoms with E-state index in [-0.39, 0.29) is 28.8 Å². The van der Waals surface area contributed by atoms with E-state index >= 15 is 0 Å². The van der Waals surface area contributed by atoms with Crippen molar-refractivity contribution in [3.8, 4) is 0 Å². The molecule has 0 aliphatic heterocycles. The Balaban J connectivity index is 1.52. The number of hydrogen-bond acceptors (Lipinski definition) is 3. The van der Waals surface area contributed by atoms with Gasteiger partial charge in [-0.25, -0.2) is 0 Å². The molecule has 0 unspecified atom stereocenters. The molecule has 0 bridgehead atoms. The van der Waals surface area contributed by atoms with Gasteiger partial charge in [0.15, 0.2) is 0 Å². The number of allylic oxidation sites excluding steroid dienone is 2. The van der Waals surface area contributed by atoms with Crippen LogP contribution in [0.1, 0.15) is 99.8 Å². The van der Waals surface area contributed by atoms with E-state index in [4.69, 9.17) is 4.74 Å². The molecule has 4 aliphatic carbocycles. The monoisotopic (exact) mass is 456 g/mol. The molecule has 3 heteroatoms. The minimum absolute atomic E-state index is 0.0535. The minimum Gasteiger partial charge on any atom is -0.463 e. The summed E-state index contributed by atoms with van der Waals surface area (Å²) in [4.78, 5) is 25.4. The minimum atomic E-state index is -0.162. The fourth-order valence-corrected chi connectivity index (χ4v) is 8.98. The van der Waals surface area contributed by atoms with Crippen LogP contribution < -0.4 is 0 Å². The predicted molar refractivity (Wildman–Crippen MR) is 133 cm³/mol. The van der Waals surface area contributed by atoms with E-state index in [1.807, 2.05) is 0 Å². The summed E-state index contributed by atoms with van der Waals surface area (Å²) in [5, 5.41) is 0. The first-order valence-electron chi connectivity index (χ1n) is 13.9. The van der Waals surface area contributed by atoms with Gasteiger partial charge in [0.25, 0.3) is 0 Å². The van der Waals surface area contributed by atoms with Crippen LogP contribution in [0.5, 0.6) is 0 Å². The Morgan fingerprint density at radius 1 is 1.00 bits per heavy atom. The van der Waals surface area contributed by atoms with Gasteiger partial charge in [-0.05, 0) is 97.2 Å². The van der Waals surface area contributed by atoms with E-state index < -0.39 is 0 Å². The van der Waals surface area contributed by atoms with Crippen molar-refractivity contribution in [2.24, 2.45) is 58.2 Å². The second kappa shape index (κ2) is 9.15. The number of fused-ring (bicyclic) bond motifs is 5. The van der Waals surface area contributed by atoms with Crippen molar-refractivity contribution in [3.63, 3.8) is 0 Å². The van der Waals surface area contributed by atoms with Crippen molar-refractivity contribution < 1.29 is 14.3 Å². The zero-order chi connectivity index (χ0) is 24.1. The van der Waals surface area contributed by atoms with Crippen LogP contribution in [-0.2, 0) is 14.3 Å². The van der Waals surface area contributed by atoms with Crippen LogP contribution >= 0.6 is 0 Å². The SMILES string of the molecule is CC(=O)O[C@@H]1CC[C@@]2(C)[C@@H](CC[C@@H]3[C@H]4CC[C@@H]([C@H](C)/C=C/[C@H](C)C(C)C)[C@]4(C)CC(=O)[C@H]32)C1. The lowest BCUT2D eigenvalue weighted by Crippen LogP contribution is -2.58. The zero-order valence-electron chi connectivity index (χ0n) is 22.2. The highest BCUT2D eigenvalue weighted by Crippen LogP contribution is 2.67. The molecule has 4 saturated carbocycles. The maximum Gasteiger partial charge on any atom is 0.302 e. The van der Waals surface area contributed by atoms with Gasteiger partial charge >= 0.3 is 5.97 Å². The molecule has 10 atom stereocenters. The molecule has 0 N–H and O–H groups in total. The third-order valence-corrected chi connectivity index (χ3v) is 11.1. The van der Waals surface area contributed by atoms with Crippen molar-refractivity contribution in [3.05, 3.63) is 12.2 Å². The second-order valence-corrected chi connectivity index (χ2v) is 13.2. The number of hydrogen-bond donors (Lipinski definition) is 0. The quantitative estimate of drug-likeness (QED) is 0.323. The van der Waals surface area contributed by atoms with E-state index in [0.29, 0.717) is 47.2 Å². The van der Waals surface area contributed by atoms with Crippen molar-refractivity contribution >= 4 is 11.8 Å². The fraction of sp³-hybridized carbons (Fsp3) is 0.867. The summed E-state index contributed by atoms with van der Waals surface area (Å²) in [5.74, 6) is 4.80. The molecule has 33 heavy (non-hydrogen) atoms. The summed E-state index contributed by atoms with van der Waals surface area (Å²) in [6.45, 7) is 15.7.